The van der Waals surface area contributed by atoms with Crippen LogP contribution in [0.1, 0.15) is 69.4 Å². The average Bonchev–Trinajstić information content (AvgIpc) is 3.44. The number of nitrogens with one attached hydrogen (secondary N) is 4. The number of carbonyl (C=O) groups is 3. The van der Waals surface area contributed by atoms with Crippen LogP contribution in [-0.2, 0) is 24.5 Å². The predicted octanol–water partition coefficient (Wildman–Crippen LogP) is 4.22. The lowest BCUT2D eigenvalue weighted by Crippen LogP contribution is -2.61. The predicted molar refractivity (Wildman–Crippen MR) is 161 cm³/mol. The van der Waals surface area contributed by atoms with Crippen LogP contribution in [0.5, 0.6) is 0 Å². The quantitative estimate of drug-likeness (QED) is 0.375. The van der Waals surface area contributed by atoms with Crippen LogP contribution in [-0.4, -0.2) is 60.1 Å². The molecule has 0 radical (unpaired) electrons. The van der Waals surface area contributed by atoms with Gasteiger partial charge < -0.3 is 20.7 Å². The number of rotatable bonds is 4. The number of amides is 3. The fourth-order valence-corrected chi connectivity index (χ4v) is 8.19. The first-order valence-electron chi connectivity index (χ1n) is 14.7. The molecule has 2 spiro atoms. The van der Waals surface area contributed by atoms with Crippen LogP contribution < -0.4 is 21.3 Å². The molecule has 1 aliphatic carbocycles. The molecule has 5 atom stereocenters. The van der Waals surface area contributed by atoms with E-state index in [4.69, 9.17) is 27.9 Å². The number of nitrogens with zero attached hydrogens (tertiary/aromatic N) is 1. The maximum atomic E-state index is 16.0. The molecule has 230 valence electrons. The second-order valence-electron chi connectivity index (χ2n) is 13.0. The van der Waals surface area contributed by atoms with Gasteiger partial charge in [-0.3, -0.25) is 19.7 Å². The van der Waals surface area contributed by atoms with Crippen LogP contribution in [0.4, 0.5) is 10.1 Å². The van der Waals surface area contributed by atoms with Crippen LogP contribution in [0.3, 0.4) is 0 Å². The Morgan fingerprint density at radius 3 is 2.51 bits per heavy atom. The SMILES string of the molecule is CNC(=O)[C@@H]1CC[C@@H](NC(=O)[C@@H]2NC3(CCC(C)(C)CC3)[C@@]3(C(=O)Nc4cc(Cl)ccc43)[C@H]2c2ccnc(Cl)c2F)CO1. The maximum absolute atomic E-state index is 16.0. The summed E-state index contributed by atoms with van der Waals surface area (Å²) >= 11 is 12.6. The van der Waals surface area contributed by atoms with Gasteiger partial charge in [-0.15, -0.1) is 0 Å². The van der Waals surface area contributed by atoms with Gasteiger partial charge in [0.25, 0.3) is 0 Å². The molecule has 1 aromatic carbocycles. The average molecular weight is 633 g/mol. The number of likely N-dealkylation sites (N-methyl/N-ethyl adjacent to an activating group) is 1. The number of halogens is 3. The molecule has 0 unspecified atom stereocenters. The number of ether oxygens (including phenoxy) is 1. The number of fused-ring (bicyclic) bond motifs is 3. The topological polar surface area (TPSA) is 121 Å². The number of pyridine rings is 1. The molecule has 4 aliphatic rings. The smallest absolute Gasteiger partial charge is 0.248 e. The Kier molecular flexibility index (Phi) is 7.72. The molecule has 4 heterocycles. The number of anilines is 1. The summed E-state index contributed by atoms with van der Waals surface area (Å²) in [5.74, 6) is -2.60. The largest absolute Gasteiger partial charge is 0.366 e. The van der Waals surface area contributed by atoms with Gasteiger partial charge in [-0.25, -0.2) is 9.37 Å². The Balaban J connectivity index is 1.46. The van der Waals surface area contributed by atoms with E-state index in [0.717, 1.165) is 12.8 Å². The number of aromatic nitrogens is 1. The zero-order valence-corrected chi connectivity index (χ0v) is 25.9. The molecule has 0 bridgehead atoms. The molecule has 2 saturated heterocycles. The Morgan fingerprint density at radius 2 is 1.84 bits per heavy atom. The molecule has 2 aromatic rings. The van der Waals surface area contributed by atoms with Crippen molar-refractivity contribution in [2.45, 2.75) is 87.4 Å². The van der Waals surface area contributed by atoms with Crippen LogP contribution in [0.25, 0.3) is 0 Å². The van der Waals surface area contributed by atoms with E-state index in [0.29, 0.717) is 42.0 Å². The third kappa shape index (κ3) is 4.81. The van der Waals surface area contributed by atoms with Crippen molar-refractivity contribution in [1.82, 2.24) is 20.9 Å². The minimum absolute atomic E-state index is 0.0356. The lowest BCUT2D eigenvalue weighted by atomic mass is 9.53. The molecular formula is C31H36Cl2FN5O4. The van der Waals surface area contributed by atoms with Gasteiger partial charge in [-0.1, -0.05) is 43.1 Å². The van der Waals surface area contributed by atoms with Gasteiger partial charge in [0.2, 0.25) is 17.7 Å². The third-order valence-electron chi connectivity index (χ3n) is 10.1. The van der Waals surface area contributed by atoms with Crippen molar-refractivity contribution < 1.29 is 23.5 Å². The monoisotopic (exact) mass is 631 g/mol. The Labute approximate surface area is 260 Å². The van der Waals surface area contributed by atoms with Gasteiger partial charge in [0.05, 0.1) is 18.7 Å². The lowest BCUT2D eigenvalue weighted by Gasteiger charge is -2.50. The standard InChI is InChI=1S/C31H36Cl2FN5O4/c1-29(2)9-11-30(12-10-29)31(19-6-4-16(32)14-20(19)38-28(31)42)22(18-8-13-36-25(33)23(18)34)24(39-30)27(41)37-17-5-7-21(43-15-17)26(40)35-3/h4,6,8,13-14,17,21-22,24,39H,5,7,9-12,15H2,1-3H3,(H,35,40)(H,37,41)(H,38,42)/t17-,21+,22+,24-,31-/m1/s1. The van der Waals surface area contributed by atoms with Gasteiger partial charge in [-0.2, -0.15) is 0 Å². The summed E-state index contributed by atoms with van der Waals surface area (Å²) in [6.45, 7) is 4.55. The first-order valence-corrected chi connectivity index (χ1v) is 15.5. The summed E-state index contributed by atoms with van der Waals surface area (Å²) in [5.41, 5.74) is -0.800. The van der Waals surface area contributed by atoms with Crippen LogP contribution in [0.15, 0.2) is 30.5 Å². The van der Waals surface area contributed by atoms with Crippen molar-refractivity contribution >= 4 is 46.6 Å². The van der Waals surface area contributed by atoms with Crippen LogP contribution in [0, 0.1) is 11.2 Å². The molecule has 43 heavy (non-hydrogen) atoms. The normalized spacial score (nSPS) is 30.6. The Bertz CT molecular complexity index is 1470. The first-order chi connectivity index (χ1) is 20.4. The van der Waals surface area contributed by atoms with Gasteiger partial charge in [0.1, 0.15) is 11.5 Å². The second kappa shape index (κ2) is 11.0. The van der Waals surface area contributed by atoms with E-state index in [-0.39, 0.29) is 46.5 Å². The Hall–Kier alpha value is -2.79. The second-order valence-corrected chi connectivity index (χ2v) is 13.8. The molecule has 3 aliphatic heterocycles. The molecule has 1 aromatic heterocycles. The summed E-state index contributed by atoms with van der Waals surface area (Å²) in [6.07, 6.45) is 4.59. The molecule has 4 N–H and O–H groups in total. The molecule has 3 fully saturated rings. The van der Waals surface area contributed by atoms with E-state index in [2.05, 4.69) is 40.1 Å². The third-order valence-corrected chi connectivity index (χ3v) is 10.6. The number of hydrogen-bond acceptors (Lipinski definition) is 6. The zero-order valence-electron chi connectivity index (χ0n) is 24.4. The fraction of sp³-hybridized carbons (Fsp3) is 0.548. The fourth-order valence-electron chi connectivity index (χ4n) is 7.85. The Morgan fingerprint density at radius 1 is 1.09 bits per heavy atom. The first kappa shape index (κ1) is 30.2. The van der Waals surface area contributed by atoms with Gasteiger partial charge >= 0.3 is 0 Å². The van der Waals surface area contributed by atoms with Gasteiger partial charge in [0.15, 0.2) is 11.0 Å². The van der Waals surface area contributed by atoms with E-state index in [9.17, 15) is 14.4 Å². The number of benzene rings is 1. The van der Waals surface area contributed by atoms with Crippen molar-refractivity contribution in [3.63, 3.8) is 0 Å². The summed E-state index contributed by atoms with van der Waals surface area (Å²) in [5, 5.41) is 12.5. The lowest BCUT2D eigenvalue weighted by molar-refractivity contribution is -0.136. The molecule has 12 heteroatoms. The highest BCUT2D eigenvalue weighted by Gasteiger charge is 2.73. The summed E-state index contributed by atoms with van der Waals surface area (Å²) in [7, 11) is 1.55. The van der Waals surface area contributed by atoms with Gasteiger partial charge in [-0.05, 0) is 73.3 Å². The van der Waals surface area contributed by atoms with Crippen molar-refractivity contribution in [2.75, 3.05) is 19.0 Å². The highest BCUT2D eigenvalue weighted by Crippen LogP contribution is 2.64. The molecule has 9 nitrogen and oxygen atoms in total. The summed E-state index contributed by atoms with van der Waals surface area (Å²) in [6, 6.07) is 5.42. The number of hydrogen-bond donors (Lipinski definition) is 4. The van der Waals surface area contributed by atoms with E-state index in [1.54, 1.807) is 19.2 Å². The van der Waals surface area contributed by atoms with E-state index < -0.39 is 34.8 Å². The van der Waals surface area contributed by atoms with Crippen molar-refractivity contribution in [3.8, 4) is 0 Å². The van der Waals surface area contributed by atoms with Crippen molar-refractivity contribution in [2.24, 2.45) is 5.41 Å². The van der Waals surface area contributed by atoms with Crippen LogP contribution in [0.2, 0.25) is 10.2 Å². The molecule has 3 amide bonds. The van der Waals surface area contributed by atoms with Gasteiger partial charge in [0, 0.05) is 35.4 Å². The molecular weight excluding hydrogens is 596 g/mol. The van der Waals surface area contributed by atoms with Crippen LogP contribution >= 0.6 is 23.2 Å². The van der Waals surface area contributed by atoms with Crippen molar-refractivity contribution in [3.05, 3.63) is 57.6 Å². The zero-order chi connectivity index (χ0) is 30.7. The molecule has 1 saturated carbocycles. The van der Waals surface area contributed by atoms with E-state index in [1.807, 2.05) is 6.07 Å². The maximum Gasteiger partial charge on any atom is 0.248 e. The van der Waals surface area contributed by atoms with Crippen molar-refractivity contribution in [1.29, 1.82) is 0 Å². The minimum atomic E-state index is -1.34. The van der Waals surface area contributed by atoms with E-state index in [1.165, 1.54) is 12.3 Å². The highest BCUT2D eigenvalue weighted by molar-refractivity contribution is 6.31. The molecule has 6 rings (SSSR count). The van der Waals surface area contributed by atoms with E-state index >= 15 is 4.39 Å². The highest BCUT2D eigenvalue weighted by atomic mass is 35.5. The number of carbonyl (C=O) groups excluding carboxylic acids is 3. The minimum Gasteiger partial charge on any atom is -0.366 e. The summed E-state index contributed by atoms with van der Waals surface area (Å²) in [4.78, 5) is 44.8. The summed E-state index contributed by atoms with van der Waals surface area (Å²) < 4.78 is 21.8.